The monoisotopic (exact) mass is 456 g/mol. The molecule has 33 heavy (non-hydrogen) atoms. The average Bonchev–Trinajstić information content (AvgIpc) is 3.56. The molecule has 178 valence electrons. The number of rotatable bonds is 5. The first kappa shape index (κ1) is 22.4. The quantitative estimate of drug-likeness (QED) is 0.638. The lowest BCUT2D eigenvalue weighted by Crippen LogP contribution is -2.53. The zero-order valence-corrected chi connectivity index (χ0v) is 19.1. The third-order valence-corrected chi connectivity index (χ3v) is 7.45. The summed E-state index contributed by atoms with van der Waals surface area (Å²) in [5.41, 5.74) is 1.17. The number of dihydropyridines is 2. The molecule has 2 N–H and O–H groups in total. The van der Waals surface area contributed by atoms with E-state index in [1.165, 1.54) is 5.57 Å². The van der Waals surface area contributed by atoms with Crippen LogP contribution in [0.2, 0.25) is 0 Å². The van der Waals surface area contributed by atoms with E-state index in [0.717, 1.165) is 45.6 Å². The van der Waals surface area contributed by atoms with Gasteiger partial charge in [0.05, 0.1) is 24.5 Å². The van der Waals surface area contributed by atoms with Crippen LogP contribution in [0.5, 0.6) is 0 Å². The molecule has 1 saturated carbocycles. The Hall–Kier alpha value is -2.39. The fourth-order valence-electron chi connectivity index (χ4n) is 5.13. The summed E-state index contributed by atoms with van der Waals surface area (Å²) in [4.78, 5) is 38.2. The summed E-state index contributed by atoms with van der Waals surface area (Å²) in [6.45, 7) is 7.32. The van der Waals surface area contributed by atoms with Crippen LogP contribution in [-0.2, 0) is 9.59 Å². The van der Waals surface area contributed by atoms with Crippen molar-refractivity contribution >= 4 is 23.9 Å². The highest BCUT2D eigenvalue weighted by Crippen LogP contribution is 2.33. The van der Waals surface area contributed by atoms with E-state index in [1.807, 2.05) is 12.3 Å². The molecule has 0 aromatic rings. The van der Waals surface area contributed by atoms with Gasteiger partial charge in [0.15, 0.2) is 0 Å². The summed E-state index contributed by atoms with van der Waals surface area (Å²) in [7, 11) is 0. The van der Waals surface area contributed by atoms with Gasteiger partial charge in [-0.05, 0) is 30.9 Å². The van der Waals surface area contributed by atoms with Crippen molar-refractivity contribution in [3.63, 3.8) is 0 Å². The van der Waals surface area contributed by atoms with Gasteiger partial charge < -0.3 is 10.6 Å². The number of carbonyl (C=O) groups is 2. The molecular formula is C24H33FN6O2. The third kappa shape index (κ3) is 5.09. The van der Waals surface area contributed by atoms with Gasteiger partial charge in [0.2, 0.25) is 11.8 Å². The maximum Gasteiger partial charge on any atom is 0.231 e. The first-order valence-corrected chi connectivity index (χ1v) is 12.2. The SMILES string of the molecule is CCC1CC2N=CC(CN3CCN(C4C=CC(NC(=O)[C@H]5C[C@H]5F)=NC4)CC3)=CC2NC1=O. The molecule has 5 aliphatic rings. The first-order valence-electron chi connectivity index (χ1n) is 12.2. The Morgan fingerprint density at radius 3 is 2.73 bits per heavy atom. The molecule has 2 amide bonds. The second kappa shape index (κ2) is 9.46. The van der Waals surface area contributed by atoms with Crippen molar-refractivity contribution in [2.75, 3.05) is 39.3 Å². The summed E-state index contributed by atoms with van der Waals surface area (Å²) in [5.74, 6) is 0.0196. The Morgan fingerprint density at radius 2 is 2.06 bits per heavy atom. The van der Waals surface area contributed by atoms with Crippen LogP contribution in [0.3, 0.4) is 0 Å². The molecular weight excluding hydrogens is 423 g/mol. The molecule has 6 atom stereocenters. The molecule has 0 bridgehead atoms. The Kier molecular flexibility index (Phi) is 6.42. The summed E-state index contributed by atoms with van der Waals surface area (Å²) in [6, 6.07) is 0.421. The van der Waals surface area contributed by atoms with Gasteiger partial charge in [-0.25, -0.2) is 4.39 Å². The number of hydrogen-bond acceptors (Lipinski definition) is 6. The van der Waals surface area contributed by atoms with Gasteiger partial charge >= 0.3 is 0 Å². The minimum Gasteiger partial charge on any atom is -0.347 e. The van der Waals surface area contributed by atoms with Crippen molar-refractivity contribution in [2.24, 2.45) is 21.8 Å². The first-order chi connectivity index (χ1) is 16.0. The molecule has 5 rings (SSSR count). The zero-order chi connectivity index (χ0) is 22.9. The van der Waals surface area contributed by atoms with Gasteiger partial charge in [-0.2, -0.15) is 0 Å². The summed E-state index contributed by atoms with van der Waals surface area (Å²) in [6.07, 6.45) is 9.16. The highest BCUT2D eigenvalue weighted by Gasteiger charge is 2.44. The number of carbonyl (C=O) groups excluding carboxylic acids is 2. The number of alkyl halides is 1. The van der Waals surface area contributed by atoms with Gasteiger partial charge in [0.1, 0.15) is 12.0 Å². The molecule has 1 aliphatic carbocycles. The van der Waals surface area contributed by atoms with E-state index in [-0.39, 0.29) is 35.9 Å². The van der Waals surface area contributed by atoms with Crippen molar-refractivity contribution in [1.29, 1.82) is 0 Å². The molecule has 2 saturated heterocycles. The Labute approximate surface area is 194 Å². The van der Waals surface area contributed by atoms with E-state index in [2.05, 4.69) is 44.5 Å². The number of amides is 2. The molecule has 0 aromatic carbocycles. The molecule has 0 spiro atoms. The standard InChI is InChI=1S/C24H33FN6O2/c1-2-16-10-20-21(28-23(16)32)9-15(12-26-20)14-30-5-7-31(8-6-30)17-3-4-22(27-13-17)29-24(33)18-11-19(18)25/h3-4,9,12,16-21H,2,5-8,10-11,13-14H2,1H3,(H,28,32)(H,27,29,33)/t16?,17?,18-,19+,20?,21?/m0/s1. The smallest absolute Gasteiger partial charge is 0.231 e. The lowest BCUT2D eigenvalue weighted by Gasteiger charge is -2.39. The van der Waals surface area contributed by atoms with Crippen LogP contribution in [0.15, 0.2) is 33.8 Å². The van der Waals surface area contributed by atoms with E-state index in [0.29, 0.717) is 18.8 Å². The lowest BCUT2D eigenvalue weighted by atomic mass is 9.86. The largest absolute Gasteiger partial charge is 0.347 e. The maximum atomic E-state index is 13.0. The number of nitrogens with one attached hydrogen (secondary N) is 2. The number of aliphatic imine (C=N–C) groups is 2. The number of fused-ring (bicyclic) bond motifs is 1. The molecule has 4 aliphatic heterocycles. The van der Waals surface area contributed by atoms with Gasteiger partial charge in [0.25, 0.3) is 0 Å². The molecule has 0 radical (unpaired) electrons. The van der Waals surface area contributed by atoms with Gasteiger partial charge in [-0.15, -0.1) is 0 Å². The van der Waals surface area contributed by atoms with Crippen molar-refractivity contribution in [3.8, 4) is 0 Å². The predicted octanol–water partition coefficient (Wildman–Crippen LogP) is 0.709. The van der Waals surface area contributed by atoms with Crippen LogP contribution in [0, 0.1) is 11.8 Å². The number of piperazine rings is 1. The topological polar surface area (TPSA) is 89.4 Å². The second-order valence-electron chi connectivity index (χ2n) is 9.77. The van der Waals surface area contributed by atoms with Gasteiger partial charge in [-0.3, -0.25) is 29.4 Å². The molecule has 0 aromatic heterocycles. The highest BCUT2D eigenvalue weighted by molar-refractivity contribution is 6.06. The fraction of sp³-hybridized carbons (Fsp3) is 0.667. The number of hydrogen-bond donors (Lipinski definition) is 2. The number of halogens is 1. The Balaban J connectivity index is 1.06. The summed E-state index contributed by atoms with van der Waals surface area (Å²) in [5, 5.41) is 5.87. The van der Waals surface area contributed by atoms with Crippen molar-refractivity contribution in [1.82, 2.24) is 20.4 Å². The normalized spacial score (nSPS) is 36.5. The minimum atomic E-state index is -0.992. The van der Waals surface area contributed by atoms with Crippen LogP contribution >= 0.6 is 0 Å². The van der Waals surface area contributed by atoms with Crippen LogP contribution in [0.25, 0.3) is 0 Å². The molecule has 9 heteroatoms. The van der Waals surface area contributed by atoms with E-state index >= 15 is 0 Å². The lowest BCUT2D eigenvalue weighted by molar-refractivity contribution is -0.127. The van der Waals surface area contributed by atoms with Crippen molar-refractivity contribution < 1.29 is 14.0 Å². The second-order valence-corrected chi connectivity index (χ2v) is 9.77. The fourth-order valence-corrected chi connectivity index (χ4v) is 5.13. The summed E-state index contributed by atoms with van der Waals surface area (Å²) >= 11 is 0. The minimum absolute atomic E-state index is 0.0252. The average molecular weight is 457 g/mol. The van der Waals surface area contributed by atoms with E-state index in [9.17, 15) is 14.0 Å². The van der Waals surface area contributed by atoms with Gasteiger partial charge in [0, 0.05) is 50.9 Å². The maximum absolute atomic E-state index is 13.0. The van der Waals surface area contributed by atoms with Gasteiger partial charge in [-0.1, -0.05) is 19.1 Å². The Morgan fingerprint density at radius 1 is 1.27 bits per heavy atom. The summed E-state index contributed by atoms with van der Waals surface area (Å²) < 4.78 is 13.0. The van der Waals surface area contributed by atoms with E-state index in [4.69, 9.17) is 4.99 Å². The predicted molar refractivity (Wildman–Crippen MR) is 125 cm³/mol. The molecule has 3 fully saturated rings. The molecule has 4 unspecified atom stereocenters. The van der Waals surface area contributed by atoms with Crippen molar-refractivity contribution in [3.05, 3.63) is 23.8 Å². The number of amidine groups is 1. The number of nitrogens with zero attached hydrogens (tertiary/aromatic N) is 4. The Bertz CT molecular complexity index is 907. The zero-order valence-electron chi connectivity index (χ0n) is 19.1. The van der Waals surface area contributed by atoms with Crippen LogP contribution in [-0.4, -0.2) is 97.2 Å². The molecule has 4 heterocycles. The number of piperidine rings is 1. The van der Waals surface area contributed by atoms with Crippen molar-refractivity contribution in [2.45, 2.75) is 50.5 Å². The van der Waals surface area contributed by atoms with Crippen LogP contribution in [0.1, 0.15) is 26.2 Å². The third-order valence-electron chi connectivity index (χ3n) is 7.45. The van der Waals surface area contributed by atoms with E-state index < -0.39 is 12.1 Å². The van der Waals surface area contributed by atoms with E-state index in [1.54, 1.807) is 0 Å². The molecule has 8 nitrogen and oxygen atoms in total. The van der Waals surface area contributed by atoms with Crippen LogP contribution < -0.4 is 10.6 Å². The van der Waals surface area contributed by atoms with Crippen LogP contribution in [0.4, 0.5) is 4.39 Å². The highest BCUT2D eigenvalue weighted by atomic mass is 19.1.